The van der Waals surface area contributed by atoms with Crippen molar-refractivity contribution >= 4 is 15.9 Å². The molecule has 0 heterocycles. The average Bonchev–Trinajstić information content (AvgIpc) is 2.61. The Kier molecular flexibility index (Phi) is 6.98. The maximum atomic E-state index is 12.5. The van der Waals surface area contributed by atoms with E-state index in [1.54, 1.807) is 19.1 Å². The lowest BCUT2D eigenvalue weighted by Crippen LogP contribution is -2.43. The van der Waals surface area contributed by atoms with Gasteiger partial charge in [0.05, 0.1) is 17.5 Å². The van der Waals surface area contributed by atoms with Crippen molar-refractivity contribution in [2.75, 3.05) is 20.2 Å². The Morgan fingerprint density at radius 3 is 2.11 bits per heavy atom. The fraction of sp³-hybridized carbons (Fsp3) is 0.350. The van der Waals surface area contributed by atoms with E-state index in [4.69, 9.17) is 4.74 Å². The van der Waals surface area contributed by atoms with Crippen LogP contribution in [0.5, 0.6) is 5.75 Å². The van der Waals surface area contributed by atoms with Crippen LogP contribution in [-0.4, -0.2) is 44.9 Å². The zero-order valence-electron chi connectivity index (χ0n) is 16.1. The van der Waals surface area contributed by atoms with Crippen molar-refractivity contribution in [3.63, 3.8) is 0 Å². The van der Waals surface area contributed by atoms with Crippen molar-refractivity contribution in [1.82, 2.24) is 9.62 Å². The third-order valence-corrected chi connectivity index (χ3v) is 5.84. The number of likely N-dealkylation sites (N-methyl/N-ethyl adjacent to an activating group) is 1. The first-order chi connectivity index (χ1) is 12.7. The van der Waals surface area contributed by atoms with E-state index in [0.717, 1.165) is 21.2 Å². The van der Waals surface area contributed by atoms with E-state index in [0.29, 0.717) is 6.61 Å². The van der Waals surface area contributed by atoms with Gasteiger partial charge >= 0.3 is 0 Å². The van der Waals surface area contributed by atoms with Gasteiger partial charge < -0.3 is 10.1 Å². The molecule has 27 heavy (non-hydrogen) atoms. The first-order valence-corrected chi connectivity index (χ1v) is 10.1. The second kappa shape index (κ2) is 9.01. The van der Waals surface area contributed by atoms with Crippen LogP contribution in [0.2, 0.25) is 0 Å². The molecule has 1 atom stereocenters. The molecule has 1 N–H and O–H groups in total. The van der Waals surface area contributed by atoms with Gasteiger partial charge in [-0.15, -0.1) is 0 Å². The summed E-state index contributed by atoms with van der Waals surface area (Å²) in [6, 6.07) is 13.9. The van der Waals surface area contributed by atoms with Crippen molar-refractivity contribution in [3.05, 3.63) is 59.7 Å². The largest absolute Gasteiger partial charge is 0.491 e. The highest BCUT2D eigenvalue weighted by atomic mass is 32.2. The van der Waals surface area contributed by atoms with Gasteiger partial charge in [-0.1, -0.05) is 35.4 Å². The number of amides is 1. The molecule has 1 amide bonds. The maximum Gasteiger partial charge on any atom is 0.243 e. The summed E-state index contributed by atoms with van der Waals surface area (Å²) in [7, 11) is -2.31. The van der Waals surface area contributed by atoms with E-state index >= 15 is 0 Å². The highest BCUT2D eigenvalue weighted by Gasteiger charge is 2.23. The SMILES string of the molecule is Cc1ccc(OC[C@@H](C)NC(=O)CN(C)S(=O)(=O)c2ccc(C)cc2)cc1. The lowest BCUT2D eigenvalue weighted by Gasteiger charge is -2.19. The van der Waals surface area contributed by atoms with Gasteiger partial charge in [-0.05, 0) is 45.0 Å². The fourth-order valence-electron chi connectivity index (χ4n) is 2.40. The van der Waals surface area contributed by atoms with E-state index in [-0.39, 0.29) is 23.4 Å². The lowest BCUT2D eigenvalue weighted by molar-refractivity contribution is -0.121. The lowest BCUT2D eigenvalue weighted by atomic mass is 10.2. The summed E-state index contributed by atoms with van der Waals surface area (Å²) in [6.07, 6.45) is 0. The molecule has 7 heteroatoms. The van der Waals surface area contributed by atoms with Crippen molar-refractivity contribution in [3.8, 4) is 5.75 Å². The van der Waals surface area contributed by atoms with E-state index in [1.165, 1.54) is 19.2 Å². The fourth-order valence-corrected chi connectivity index (χ4v) is 3.52. The van der Waals surface area contributed by atoms with Crippen molar-refractivity contribution in [2.45, 2.75) is 31.7 Å². The molecule has 0 aliphatic carbocycles. The number of aryl methyl sites for hydroxylation is 2. The molecule has 0 aromatic heterocycles. The van der Waals surface area contributed by atoms with Crippen LogP contribution in [0.3, 0.4) is 0 Å². The Labute approximate surface area is 161 Å². The molecule has 2 aromatic rings. The number of carbonyl (C=O) groups is 1. The zero-order valence-corrected chi connectivity index (χ0v) is 16.9. The molecule has 0 saturated heterocycles. The predicted octanol–water partition coefficient (Wildman–Crippen LogP) is 2.51. The molecule has 2 aromatic carbocycles. The van der Waals surface area contributed by atoms with Gasteiger partial charge in [-0.25, -0.2) is 8.42 Å². The number of ether oxygens (including phenoxy) is 1. The van der Waals surface area contributed by atoms with Crippen LogP contribution >= 0.6 is 0 Å². The summed E-state index contributed by atoms with van der Waals surface area (Å²) < 4.78 is 31.7. The standard InChI is InChI=1S/C20H26N2O4S/c1-15-5-9-18(10-6-15)26-14-17(3)21-20(23)13-22(4)27(24,25)19-11-7-16(2)8-12-19/h5-12,17H,13-14H2,1-4H3,(H,21,23)/t17-/m1/s1. The second-order valence-corrected chi connectivity index (χ2v) is 8.71. The Hall–Kier alpha value is -2.38. The average molecular weight is 391 g/mol. The van der Waals surface area contributed by atoms with Gasteiger partial charge in [-0.3, -0.25) is 4.79 Å². The molecule has 146 valence electrons. The van der Waals surface area contributed by atoms with Gasteiger partial charge in [0, 0.05) is 7.05 Å². The molecular weight excluding hydrogens is 364 g/mol. The van der Waals surface area contributed by atoms with E-state index in [9.17, 15) is 13.2 Å². The molecule has 6 nitrogen and oxygen atoms in total. The molecular formula is C20H26N2O4S. The first-order valence-electron chi connectivity index (χ1n) is 8.70. The molecule has 0 unspecified atom stereocenters. The highest BCUT2D eigenvalue weighted by Crippen LogP contribution is 2.15. The van der Waals surface area contributed by atoms with E-state index in [1.807, 2.05) is 38.1 Å². The van der Waals surface area contributed by atoms with Crippen molar-refractivity contribution < 1.29 is 17.9 Å². The molecule has 0 spiro atoms. The highest BCUT2D eigenvalue weighted by molar-refractivity contribution is 7.89. The summed E-state index contributed by atoms with van der Waals surface area (Å²) in [6.45, 7) is 5.72. The minimum atomic E-state index is -3.70. The van der Waals surface area contributed by atoms with Crippen molar-refractivity contribution in [2.24, 2.45) is 0 Å². The quantitative estimate of drug-likeness (QED) is 0.751. The van der Waals surface area contributed by atoms with Gasteiger partial charge in [0.25, 0.3) is 0 Å². The Morgan fingerprint density at radius 2 is 1.56 bits per heavy atom. The summed E-state index contributed by atoms with van der Waals surface area (Å²) in [5, 5.41) is 2.76. The zero-order chi connectivity index (χ0) is 20.0. The van der Waals surface area contributed by atoms with Gasteiger partial charge in [0.1, 0.15) is 12.4 Å². The summed E-state index contributed by atoms with van der Waals surface area (Å²) >= 11 is 0. The number of sulfonamides is 1. The minimum Gasteiger partial charge on any atom is -0.491 e. The molecule has 0 saturated carbocycles. The minimum absolute atomic E-state index is 0.166. The normalized spacial score (nSPS) is 12.6. The predicted molar refractivity (Wildman–Crippen MR) is 105 cm³/mol. The smallest absolute Gasteiger partial charge is 0.243 e. The van der Waals surface area contributed by atoms with E-state index in [2.05, 4.69) is 5.32 Å². The monoisotopic (exact) mass is 390 g/mol. The number of rotatable bonds is 8. The summed E-state index contributed by atoms with van der Waals surface area (Å²) in [5.74, 6) is 0.342. The number of carbonyl (C=O) groups excluding carboxylic acids is 1. The van der Waals surface area contributed by atoms with Crippen LogP contribution < -0.4 is 10.1 Å². The van der Waals surface area contributed by atoms with Crippen LogP contribution in [0.25, 0.3) is 0 Å². The number of benzene rings is 2. The van der Waals surface area contributed by atoms with Gasteiger partial charge in [-0.2, -0.15) is 4.31 Å². The topological polar surface area (TPSA) is 75.7 Å². The number of nitrogens with one attached hydrogen (secondary N) is 1. The van der Waals surface area contributed by atoms with Crippen LogP contribution in [0.4, 0.5) is 0 Å². The molecule has 0 aliphatic heterocycles. The Morgan fingerprint density at radius 1 is 1.04 bits per heavy atom. The molecule has 2 rings (SSSR count). The Bertz CT molecular complexity index is 862. The third kappa shape index (κ3) is 6.08. The number of nitrogens with zero attached hydrogens (tertiary/aromatic N) is 1. The van der Waals surface area contributed by atoms with Crippen LogP contribution in [-0.2, 0) is 14.8 Å². The van der Waals surface area contributed by atoms with Gasteiger partial charge in [0.15, 0.2) is 0 Å². The van der Waals surface area contributed by atoms with Crippen LogP contribution in [0.15, 0.2) is 53.4 Å². The molecule has 0 bridgehead atoms. The molecule has 0 aliphatic rings. The van der Waals surface area contributed by atoms with Crippen LogP contribution in [0, 0.1) is 13.8 Å². The maximum absolute atomic E-state index is 12.5. The number of hydrogen-bond donors (Lipinski definition) is 1. The van der Waals surface area contributed by atoms with Gasteiger partial charge in [0.2, 0.25) is 15.9 Å². The van der Waals surface area contributed by atoms with E-state index < -0.39 is 10.0 Å². The summed E-state index contributed by atoms with van der Waals surface area (Å²) in [4.78, 5) is 12.3. The molecule has 0 radical (unpaired) electrons. The van der Waals surface area contributed by atoms with Crippen molar-refractivity contribution in [1.29, 1.82) is 0 Å². The molecule has 0 fully saturated rings. The third-order valence-electron chi connectivity index (χ3n) is 4.02. The first kappa shape index (κ1) is 20.9. The number of hydrogen-bond acceptors (Lipinski definition) is 4. The summed E-state index contributed by atoms with van der Waals surface area (Å²) in [5.41, 5.74) is 2.11. The van der Waals surface area contributed by atoms with Crippen LogP contribution in [0.1, 0.15) is 18.1 Å². The Balaban J connectivity index is 1.86. The second-order valence-electron chi connectivity index (χ2n) is 6.67.